The van der Waals surface area contributed by atoms with E-state index in [1.165, 1.54) is 13.4 Å². The monoisotopic (exact) mass is 321 g/mol. The molecule has 0 saturated carbocycles. The summed E-state index contributed by atoms with van der Waals surface area (Å²) in [4.78, 5) is 31.2. The molecule has 2 rings (SSSR count). The molecule has 1 atom stereocenters. The number of hydrogen-bond acceptors (Lipinski definition) is 4. The molecule has 1 heterocycles. The number of imidazole rings is 1. The topological polar surface area (TPSA) is 84.1 Å². The molecule has 0 aliphatic heterocycles. The van der Waals surface area contributed by atoms with Crippen molar-refractivity contribution in [2.75, 3.05) is 7.11 Å². The minimum atomic E-state index is -0.920. The first-order valence-electron chi connectivity index (χ1n) is 6.73. The fourth-order valence-corrected chi connectivity index (χ4v) is 2.16. The summed E-state index contributed by atoms with van der Waals surface area (Å²) in [7, 11) is 1.27. The molecule has 0 radical (unpaired) electrons. The fourth-order valence-electron chi connectivity index (χ4n) is 2.04. The lowest BCUT2D eigenvalue weighted by molar-refractivity contribution is -0.143. The number of aryl methyl sites for hydroxylation is 1. The number of carbonyl (C=O) groups excluding carboxylic acids is 2. The van der Waals surface area contributed by atoms with Gasteiger partial charge in [0.2, 0.25) is 0 Å². The number of nitrogens with zero attached hydrogens (tertiary/aromatic N) is 1. The van der Waals surface area contributed by atoms with E-state index in [2.05, 4.69) is 15.3 Å². The quantitative estimate of drug-likeness (QED) is 0.827. The molecule has 0 aliphatic rings. The van der Waals surface area contributed by atoms with Gasteiger partial charge in [0.1, 0.15) is 5.69 Å². The Kier molecular flexibility index (Phi) is 5.16. The van der Waals surface area contributed by atoms with Crippen LogP contribution in [0.5, 0.6) is 0 Å². The van der Waals surface area contributed by atoms with Crippen molar-refractivity contribution in [1.29, 1.82) is 0 Å². The predicted molar refractivity (Wildman–Crippen MR) is 81.6 cm³/mol. The maximum atomic E-state index is 12.3. The zero-order valence-corrected chi connectivity index (χ0v) is 13.0. The Labute approximate surface area is 132 Å². The van der Waals surface area contributed by atoms with Gasteiger partial charge in [-0.05, 0) is 24.1 Å². The maximum absolute atomic E-state index is 12.3. The number of carbonyl (C=O) groups is 2. The van der Waals surface area contributed by atoms with Crippen molar-refractivity contribution in [2.45, 2.75) is 19.4 Å². The van der Waals surface area contributed by atoms with Gasteiger partial charge in [0.25, 0.3) is 5.91 Å². The molecule has 2 aromatic rings. The van der Waals surface area contributed by atoms with Crippen molar-refractivity contribution in [3.8, 4) is 0 Å². The van der Waals surface area contributed by atoms with Gasteiger partial charge in [-0.15, -0.1) is 0 Å². The predicted octanol–water partition coefficient (Wildman–Crippen LogP) is 2.27. The number of rotatable bonds is 5. The number of halogens is 1. The molecular weight excluding hydrogens is 306 g/mol. The van der Waals surface area contributed by atoms with Gasteiger partial charge in [0.15, 0.2) is 6.04 Å². The van der Waals surface area contributed by atoms with E-state index in [1.807, 2.05) is 6.92 Å². The summed E-state index contributed by atoms with van der Waals surface area (Å²) in [6, 6.07) is 5.69. The number of esters is 1. The number of hydrogen-bond donors (Lipinski definition) is 2. The summed E-state index contributed by atoms with van der Waals surface area (Å²) in [5, 5.41) is 3.18. The highest BCUT2D eigenvalue weighted by atomic mass is 35.5. The van der Waals surface area contributed by atoms with E-state index in [9.17, 15) is 9.59 Å². The van der Waals surface area contributed by atoms with Gasteiger partial charge in [-0.1, -0.05) is 30.7 Å². The minimum absolute atomic E-state index is 0.269. The highest BCUT2D eigenvalue weighted by molar-refractivity contribution is 6.30. The average Bonchev–Trinajstić information content (AvgIpc) is 3.01. The van der Waals surface area contributed by atoms with Gasteiger partial charge >= 0.3 is 5.97 Å². The SMILES string of the molecule is CCc1[nH]cnc1C(=O)NC(C(=O)OC)c1ccc(Cl)cc1. The molecule has 116 valence electrons. The third kappa shape index (κ3) is 3.46. The summed E-state index contributed by atoms with van der Waals surface area (Å²) >= 11 is 5.84. The second kappa shape index (κ2) is 7.09. The zero-order chi connectivity index (χ0) is 16.1. The van der Waals surface area contributed by atoms with Crippen molar-refractivity contribution in [3.05, 3.63) is 52.6 Å². The van der Waals surface area contributed by atoms with Crippen LogP contribution in [0.3, 0.4) is 0 Å². The third-order valence-electron chi connectivity index (χ3n) is 3.20. The molecule has 1 aromatic heterocycles. The van der Waals surface area contributed by atoms with Crippen LogP contribution < -0.4 is 5.32 Å². The molecule has 22 heavy (non-hydrogen) atoms. The largest absolute Gasteiger partial charge is 0.467 e. The Balaban J connectivity index is 2.25. The van der Waals surface area contributed by atoms with Crippen LogP contribution in [-0.2, 0) is 16.0 Å². The van der Waals surface area contributed by atoms with E-state index in [4.69, 9.17) is 16.3 Å². The van der Waals surface area contributed by atoms with Crippen molar-refractivity contribution < 1.29 is 14.3 Å². The average molecular weight is 322 g/mol. The van der Waals surface area contributed by atoms with Crippen molar-refractivity contribution >= 4 is 23.5 Å². The molecule has 0 fully saturated rings. The fraction of sp³-hybridized carbons (Fsp3) is 0.267. The van der Waals surface area contributed by atoms with Gasteiger partial charge in [-0.25, -0.2) is 9.78 Å². The molecule has 0 spiro atoms. The maximum Gasteiger partial charge on any atom is 0.333 e. The van der Waals surface area contributed by atoms with Gasteiger partial charge in [-0.2, -0.15) is 0 Å². The molecular formula is C15H16ClN3O3. The summed E-state index contributed by atoms with van der Waals surface area (Å²) in [5.74, 6) is -1.01. The minimum Gasteiger partial charge on any atom is -0.467 e. The highest BCUT2D eigenvalue weighted by Gasteiger charge is 2.25. The van der Waals surface area contributed by atoms with Gasteiger partial charge < -0.3 is 15.0 Å². The lowest BCUT2D eigenvalue weighted by atomic mass is 10.1. The van der Waals surface area contributed by atoms with E-state index >= 15 is 0 Å². The number of nitrogens with one attached hydrogen (secondary N) is 2. The van der Waals surface area contributed by atoms with Gasteiger partial charge in [0.05, 0.1) is 13.4 Å². The van der Waals surface area contributed by atoms with Crippen LogP contribution in [0.4, 0.5) is 0 Å². The van der Waals surface area contributed by atoms with Crippen LogP contribution in [0.15, 0.2) is 30.6 Å². The summed E-state index contributed by atoms with van der Waals surface area (Å²) < 4.78 is 4.76. The lowest BCUT2D eigenvalue weighted by Crippen LogP contribution is -2.35. The van der Waals surface area contributed by atoms with Gasteiger partial charge in [-0.3, -0.25) is 4.79 Å². The van der Waals surface area contributed by atoms with Crippen LogP contribution in [0.25, 0.3) is 0 Å². The van der Waals surface area contributed by atoms with Crippen LogP contribution in [-0.4, -0.2) is 29.0 Å². The van der Waals surface area contributed by atoms with E-state index in [0.29, 0.717) is 22.7 Å². The molecule has 1 unspecified atom stereocenters. The van der Waals surface area contributed by atoms with Crippen molar-refractivity contribution in [3.63, 3.8) is 0 Å². The summed E-state index contributed by atoms with van der Waals surface area (Å²) in [5.41, 5.74) is 1.56. The number of aromatic nitrogens is 2. The number of benzene rings is 1. The smallest absolute Gasteiger partial charge is 0.333 e. The van der Waals surface area contributed by atoms with E-state index in [1.54, 1.807) is 24.3 Å². The van der Waals surface area contributed by atoms with Gasteiger partial charge in [0, 0.05) is 10.7 Å². The molecule has 2 N–H and O–H groups in total. The number of ether oxygens (including phenoxy) is 1. The normalized spacial score (nSPS) is 11.8. The first kappa shape index (κ1) is 16.0. The second-order valence-corrected chi connectivity index (χ2v) is 5.00. The van der Waals surface area contributed by atoms with E-state index < -0.39 is 17.9 Å². The number of methoxy groups -OCH3 is 1. The molecule has 0 bridgehead atoms. The number of amides is 1. The van der Waals surface area contributed by atoms with Crippen LogP contribution in [0.1, 0.15) is 34.7 Å². The Morgan fingerprint density at radius 2 is 2.05 bits per heavy atom. The number of H-pyrrole nitrogens is 1. The van der Waals surface area contributed by atoms with Crippen molar-refractivity contribution in [2.24, 2.45) is 0 Å². The molecule has 7 heteroatoms. The van der Waals surface area contributed by atoms with E-state index in [0.717, 1.165) is 0 Å². The van der Waals surface area contributed by atoms with Crippen molar-refractivity contribution in [1.82, 2.24) is 15.3 Å². The standard InChI is InChI=1S/C15H16ClN3O3/c1-3-11-13(18-8-17-11)14(20)19-12(15(21)22-2)9-4-6-10(16)7-5-9/h4-8,12H,3H2,1-2H3,(H,17,18)(H,19,20). The molecule has 0 aliphatic carbocycles. The highest BCUT2D eigenvalue weighted by Crippen LogP contribution is 2.18. The Bertz CT molecular complexity index is 667. The van der Waals surface area contributed by atoms with Crippen LogP contribution >= 0.6 is 11.6 Å². The first-order valence-corrected chi connectivity index (χ1v) is 7.11. The summed E-state index contributed by atoms with van der Waals surface area (Å²) in [6.45, 7) is 1.90. The van der Waals surface area contributed by atoms with E-state index in [-0.39, 0.29) is 5.69 Å². The zero-order valence-electron chi connectivity index (χ0n) is 12.2. The molecule has 0 saturated heterocycles. The molecule has 6 nitrogen and oxygen atoms in total. The second-order valence-electron chi connectivity index (χ2n) is 4.56. The van der Waals surface area contributed by atoms with Crippen LogP contribution in [0, 0.1) is 0 Å². The molecule has 1 aromatic carbocycles. The lowest BCUT2D eigenvalue weighted by Gasteiger charge is -2.16. The Morgan fingerprint density at radius 1 is 1.36 bits per heavy atom. The molecule has 1 amide bonds. The number of aromatic amines is 1. The summed E-state index contributed by atoms with van der Waals surface area (Å²) in [6.07, 6.45) is 2.08. The van der Waals surface area contributed by atoms with Crippen LogP contribution in [0.2, 0.25) is 5.02 Å². The Hall–Kier alpha value is -2.34. The third-order valence-corrected chi connectivity index (χ3v) is 3.45. The Morgan fingerprint density at radius 3 is 2.64 bits per heavy atom. The first-order chi connectivity index (χ1) is 10.6.